The summed E-state index contributed by atoms with van der Waals surface area (Å²) < 4.78 is 5.42. The molecule has 3 heteroatoms. The van der Waals surface area contributed by atoms with Crippen molar-refractivity contribution in [1.82, 2.24) is 10.2 Å². The third-order valence-electron chi connectivity index (χ3n) is 3.51. The summed E-state index contributed by atoms with van der Waals surface area (Å²) in [6.07, 6.45) is 6.58. The van der Waals surface area contributed by atoms with Crippen molar-refractivity contribution in [1.29, 1.82) is 0 Å². The van der Waals surface area contributed by atoms with Gasteiger partial charge in [-0.3, -0.25) is 0 Å². The van der Waals surface area contributed by atoms with Crippen LogP contribution in [0.5, 0.6) is 0 Å². The van der Waals surface area contributed by atoms with Gasteiger partial charge in [0, 0.05) is 19.2 Å². The summed E-state index contributed by atoms with van der Waals surface area (Å²) in [7, 11) is 0. The van der Waals surface area contributed by atoms with Gasteiger partial charge >= 0.3 is 0 Å². The van der Waals surface area contributed by atoms with Crippen molar-refractivity contribution in [2.75, 3.05) is 39.4 Å². The zero-order chi connectivity index (χ0) is 12.3. The predicted octanol–water partition coefficient (Wildman–Crippen LogP) is 2.27. The van der Waals surface area contributed by atoms with Crippen LogP contribution < -0.4 is 5.32 Å². The topological polar surface area (TPSA) is 24.5 Å². The fourth-order valence-corrected chi connectivity index (χ4v) is 2.41. The van der Waals surface area contributed by atoms with Crippen molar-refractivity contribution >= 4 is 0 Å². The Balaban J connectivity index is 1.86. The molecule has 0 aromatic heterocycles. The first-order valence-corrected chi connectivity index (χ1v) is 7.37. The minimum atomic E-state index is 0.802. The molecule has 1 saturated heterocycles. The highest BCUT2D eigenvalue weighted by atomic mass is 16.5. The van der Waals surface area contributed by atoms with E-state index in [-0.39, 0.29) is 0 Å². The van der Waals surface area contributed by atoms with Crippen molar-refractivity contribution < 1.29 is 4.74 Å². The van der Waals surface area contributed by atoms with Gasteiger partial charge in [0.2, 0.25) is 0 Å². The van der Waals surface area contributed by atoms with Crippen LogP contribution in [-0.2, 0) is 4.74 Å². The molecule has 1 unspecified atom stereocenters. The normalized spacial score (nSPS) is 21.9. The number of rotatable bonds is 9. The van der Waals surface area contributed by atoms with Gasteiger partial charge in [0.25, 0.3) is 0 Å². The average Bonchev–Trinajstić information content (AvgIpc) is 2.35. The molecule has 0 bridgehead atoms. The second-order valence-electron chi connectivity index (χ2n) is 5.10. The Kier molecular flexibility index (Phi) is 8.67. The first kappa shape index (κ1) is 14.9. The highest BCUT2D eigenvalue weighted by Gasteiger charge is 2.16. The van der Waals surface area contributed by atoms with Gasteiger partial charge in [-0.25, -0.2) is 0 Å². The summed E-state index contributed by atoms with van der Waals surface area (Å²) in [5.41, 5.74) is 0. The molecule has 1 fully saturated rings. The first-order chi connectivity index (χ1) is 8.34. The van der Waals surface area contributed by atoms with Crippen molar-refractivity contribution in [3.63, 3.8) is 0 Å². The number of ether oxygens (including phenoxy) is 1. The van der Waals surface area contributed by atoms with E-state index in [9.17, 15) is 0 Å². The van der Waals surface area contributed by atoms with Gasteiger partial charge in [-0.2, -0.15) is 0 Å². The summed E-state index contributed by atoms with van der Waals surface area (Å²) in [5, 5.41) is 3.45. The van der Waals surface area contributed by atoms with E-state index in [1.165, 1.54) is 38.8 Å². The zero-order valence-electron chi connectivity index (χ0n) is 11.7. The lowest BCUT2D eigenvalue weighted by Crippen LogP contribution is -2.39. The fraction of sp³-hybridized carbons (Fsp3) is 1.00. The number of nitrogens with zero attached hydrogens (tertiary/aromatic N) is 1. The standard InChI is InChI=1S/C14H30N2O/c1-3-12-17-13-9-15-8-6-11-16-10-5-4-7-14(16)2/h14-15H,3-13H2,1-2H3. The van der Waals surface area contributed by atoms with Crippen LogP contribution in [0.25, 0.3) is 0 Å². The molecule has 1 heterocycles. The van der Waals surface area contributed by atoms with Crippen LogP contribution in [0.2, 0.25) is 0 Å². The van der Waals surface area contributed by atoms with E-state index in [0.29, 0.717) is 0 Å². The quantitative estimate of drug-likeness (QED) is 0.628. The van der Waals surface area contributed by atoms with Crippen LogP contribution in [0.1, 0.15) is 46.0 Å². The number of hydrogen-bond acceptors (Lipinski definition) is 3. The molecular weight excluding hydrogens is 212 g/mol. The maximum atomic E-state index is 5.42. The third-order valence-corrected chi connectivity index (χ3v) is 3.51. The summed E-state index contributed by atoms with van der Waals surface area (Å²) in [5.74, 6) is 0. The molecule has 0 aliphatic carbocycles. The lowest BCUT2D eigenvalue weighted by atomic mass is 10.0. The van der Waals surface area contributed by atoms with Crippen LogP contribution in [0.4, 0.5) is 0 Å². The maximum Gasteiger partial charge on any atom is 0.0590 e. The van der Waals surface area contributed by atoms with E-state index in [0.717, 1.165) is 38.8 Å². The van der Waals surface area contributed by atoms with E-state index in [1.54, 1.807) is 0 Å². The monoisotopic (exact) mass is 242 g/mol. The SMILES string of the molecule is CCCOCCNCCCN1CCCCC1C. The molecule has 0 amide bonds. The van der Waals surface area contributed by atoms with Gasteiger partial charge in [0.15, 0.2) is 0 Å². The highest BCUT2D eigenvalue weighted by molar-refractivity contribution is 4.72. The van der Waals surface area contributed by atoms with Crippen LogP contribution in [-0.4, -0.2) is 50.3 Å². The van der Waals surface area contributed by atoms with E-state index >= 15 is 0 Å². The smallest absolute Gasteiger partial charge is 0.0590 e. The molecule has 1 aliphatic heterocycles. The van der Waals surface area contributed by atoms with Gasteiger partial charge in [-0.1, -0.05) is 13.3 Å². The second kappa shape index (κ2) is 9.86. The molecule has 3 nitrogen and oxygen atoms in total. The van der Waals surface area contributed by atoms with E-state index in [4.69, 9.17) is 4.74 Å². The number of hydrogen-bond donors (Lipinski definition) is 1. The van der Waals surface area contributed by atoms with E-state index < -0.39 is 0 Å². The van der Waals surface area contributed by atoms with E-state index in [1.807, 2.05) is 0 Å². The largest absolute Gasteiger partial charge is 0.380 e. The minimum absolute atomic E-state index is 0.802. The molecule has 1 aliphatic rings. The second-order valence-corrected chi connectivity index (χ2v) is 5.10. The summed E-state index contributed by atoms with van der Waals surface area (Å²) in [6.45, 7) is 10.9. The van der Waals surface area contributed by atoms with Gasteiger partial charge in [-0.05, 0) is 52.2 Å². The van der Waals surface area contributed by atoms with Crippen LogP contribution >= 0.6 is 0 Å². The minimum Gasteiger partial charge on any atom is -0.380 e. The Hall–Kier alpha value is -0.120. The molecule has 1 atom stereocenters. The lowest BCUT2D eigenvalue weighted by Gasteiger charge is -2.33. The molecule has 0 radical (unpaired) electrons. The van der Waals surface area contributed by atoms with Crippen molar-refractivity contribution in [2.24, 2.45) is 0 Å². The van der Waals surface area contributed by atoms with Crippen LogP contribution in [0, 0.1) is 0 Å². The molecular formula is C14H30N2O. The Bertz CT molecular complexity index is 176. The predicted molar refractivity (Wildman–Crippen MR) is 73.5 cm³/mol. The Morgan fingerprint density at radius 1 is 1.24 bits per heavy atom. The van der Waals surface area contributed by atoms with Gasteiger partial charge < -0.3 is 15.0 Å². The average molecular weight is 242 g/mol. The molecule has 17 heavy (non-hydrogen) atoms. The van der Waals surface area contributed by atoms with Crippen LogP contribution in [0.3, 0.4) is 0 Å². The molecule has 0 aromatic carbocycles. The van der Waals surface area contributed by atoms with Gasteiger partial charge in [0.1, 0.15) is 0 Å². The molecule has 0 spiro atoms. The lowest BCUT2D eigenvalue weighted by molar-refractivity contribution is 0.135. The Labute approximate surface area is 107 Å². The summed E-state index contributed by atoms with van der Waals surface area (Å²) in [4.78, 5) is 2.64. The zero-order valence-corrected chi connectivity index (χ0v) is 11.7. The summed E-state index contributed by atoms with van der Waals surface area (Å²) >= 11 is 0. The first-order valence-electron chi connectivity index (χ1n) is 7.37. The molecule has 102 valence electrons. The summed E-state index contributed by atoms with van der Waals surface area (Å²) in [6, 6.07) is 0.802. The van der Waals surface area contributed by atoms with E-state index in [2.05, 4.69) is 24.1 Å². The molecule has 0 saturated carbocycles. The maximum absolute atomic E-state index is 5.42. The van der Waals surface area contributed by atoms with Gasteiger partial charge in [0.05, 0.1) is 6.61 Å². The third kappa shape index (κ3) is 7.02. The molecule has 1 rings (SSSR count). The molecule has 1 N–H and O–H groups in total. The molecule has 0 aromatic rings. The number of likely N-dealkylation sites (tertiary alicyclic amines) is 1. The van der Waals surface area contributed by atoms with Crippen molar-refractivity contribution in [2.45, 2.75) is 52.0 Å². The van der Waals surface area contributed by atoms with Gasteiger partial charge in [-0.15, -0.1) is 0 Å². The number of nitrogens with one attached hydrogen (secondary N) is 1. The number of piperidine rings is 1. The Morgan fingerprint density at radius 2 is 2.12 bits per heavy atom. The van der Waals surface area contributed by atoms with Crippen LogP contribution in [0.15, 0.2) is 0 Å². The Morgan fingerprint density at radius 3 is 2.88 bits per heavy atom. The fourth-order valence-electron chi connectivity index (χ4n) is 2.41. The van der Waals surface area contributed by atoms with Crippen molar-refractivity contribution in [3.8, 4) is 0 Å². The van der Waals surface area contributed by atoms with Crippen molar-refractivity contribution in [3.05, 3.63) is 0 Å². The highest BCUT2D eigenvalue weighted by Crippen LogP contribution is 2.15.